The minimum absolute atomic E-state index is 0.209. The fourth-order valence-corrected chi connectivity index (χ4v) is 1.69. The summed E-state index contributed by atoms with van der Waals surface area (Å²) < 4.78 is 18.5. The molecule has 0 spiro atoms. The van der Waals surface area contributed by atoms with E-state index in [1.807, 2.05) is 13.8 Å². The number of hydrogen-bond donors (Lipinski definition) is 0. The number of nitrogens with zero attached hydrogens (tertiary/aromatic N) is 2. The van der Waals surface area contributed by atoms with Gasteiger partial charge in [-0.3, -0.25) is 0 Å². The Balaban J connectivity index is 2.74. The molecule has 16 heavy (non-hydrogen) atoms. The fraction of sp³-hybridized carbons (Fsp3) is 0.333. The van der Waals surface area contributed by atoms with E-state index < -0.39 is 0 Å². The van der Waals surface area contributed by atoms with Gasteiger partial charge in [-0.25, -0.2) is 14.4 Å². The van der Waals surface area contributed by atoms with E-state index in [0.29, 0.717) is 5.52 Å². The number of fused-ring (bicyclic) bond motifs is 1. The molecule has 0 atom stereocenters. The van der Waals surface area contributed by atoms with Crippen LogP contribution in [0.15, 0.2) is 18.5 Å². The molecule has 0 aliphatic carbocycles. The third-order valence-electron chi connectivity index (χ3n) is 2.49. The Kier molecular flexibility index (Phi) is 2.73. The summed E-state index contributed by atoms with van der Waals surface area (Å²) in [5.74, 6) is 0.0610. The van der Waals surface area contributed by atoms with Crippen molar-refractivity contribution >= 4 is 10.9 Å². The number of ether oxygens (including phenoxy) is 1. The Labute approximate surface area is 93.3 Å². The lowest BCUT2D eigenvalue weighted by Gasteiger charge is -2.09. The summed E-state index contributed by atoms with van der Waals surface area (Å²) in [7, 11) is 1.44. The normalized spacial score (nSPS) is 11.1. The van der Waals surface area contributed by atoms with Crippen molar-refractivity contribution in [2.75, 3.05) is 7.11 Å². The average Bonchev–Trinajstić information content (AvgIpc) is 2.27. The minimum Gasteiger partial charge on any atom is -0.494 e. The highest BCUT2D eigenvalue weighted by Crippen LogP contribution is 2.27. The minimum atomic E-state index is -0.383. The third kappa shape index (κ3) is 1.71. The van der Waals surface area contributed by atoms with Crippen LogP contribution in [0.2, 0.25) is 0 Å². The Morgan fingerprint density at radius 1 is 1.25 bits per heavy atom. The van der Waals surface area contributed by atoms with Crippen LogP contribution in [-0.4, -0.2) is 17.1 Å². The van der Waals surface area contributed by atoms with E-state index in [-0.39, 0.29) is 17.5 Å². The number of halogens is 1. The van der Waals surface area contributed by atoms with Crippen molar-refractivity contribution < 1.29 is 9.13 Å². The van der Waals surface area contributed by atoms with Crippen LogP contribution in [0.25, 0.3) is 10.9 Å². The van der Waals surface area contributed by atoms with Gasteiger partial charge in [0.25, 0.3) is 0 Å². The molecule has 0 saturated heterocycles. The lowest BCUT2D eigenvalue weighted by molar-refractivity contribution is 0.387. The number of methoxy groups -OCH3 is 1. The highest BCUT2D eigenvalue weighted by molar-refractivity contribution is 5.82. The van der Waals surface area contributed by atoms with Crippen molar-refractivity contribution in [2.24, 2.45) is 0 Å². The van der Waals surface area contributed by atoms with Crippen molar-refractivity contribution in [3.8, 4) is 5.75 Å². The molecule has 0 saturated carbocycles. The standard InChI is InChI=1S/C12H13FN2O/c1-7(2)12-8-4-9(13)11(16-3)5-10(8)14-6-15-12/h4-7H,1-3H3. The largest absolute Gasteiger partial charge is 0.494 e. The Hall–Kier alpha value is -1.71. The van der Waals surface area contributed by atoms with E-state index in [0.717, 1.165) is 11.1 Å². The van der Waals surface area contributed by atoms with Gasteiger partial charge in [-0.1, -0.05) is 13.8 Å². The van der Waals surface area contributed by atoms with Crippen molar-refractivity contribution in [1.82, 2.24) is 9.97 Å². The molecule has 1 aromatic carbocycles. The SMILES string of the molecule is COc1cc2ncnc(C(C)C)c2cc1F. The van der Waals surface area contributed by atoms with E-state index in [1.54, 1.807) is 6.07 Å². The zero-order valence-electron chi connectivity index (χ0n) is 9.49. The number of benzene rings is 1. The van der Waals surface area contributed by atoms with Crippen molar-refractivity contribution in [2.45, 2.75) is 19.8 Å². The molecule has 0 aliphatic heterocycles. The molecule has 3 nitrogen and oxygen atoms in total. The smallest absolute Gasteiger partial charge is 0.165 e. The monoisotopic (exact) mass is 220 g/mol. The second kappa shape index (κ2) is 4.04. The third-order valence-corrected chi connectivity index (χ3v) is 2.49. The van der Waals surface area contributed by atoms with Gasteiger partial charge in [-0.2, -0.15) is 0 Å². The number of aromatic nitrogens is 2. The first-order valence-electron chi connectivity index (χ1n) is 5.11. The van der Waals surface area contributed by atoms with Crippen LogP contribution in [0, 0.1) is 5.82 Å². The van der Waals surface area contributed by atoms with Crippen LogP contribution < -0.4 is 4.74 Å². The predicted octanol–water partition coefficient (Wildman–Crippen LogP) is 2.90. The van der Waals surface area contributed by atoms with E-state index in [2.05, 4.69) is 9.97 Å². The number of hydrogen-bond acceptors (Lipinski definition) is 3. The molecule has 0 bridgehead atoms. The van der Waals surface area contributed by atoms with E-state index in [9.17, 15) is 4.39 Å². The summed E-state index contributed by atoms with van der Waals surface area (Å²) in [5.41, 5.74) is 1.56. The first-order chi connectivity index (χ1) is 7.63. The molecule has 1 heterocycles. The molecule has 0 amide bonds. The summed E-state index contributed by atoms with van der Waals surface area (Å²) >= 11 is 0. The lowest BCUT2D eigenvalue weighted by atomic mass is 10.0. The second-order valence-electron chi connectivity index (χ2n) is 3.92. The maximum atomic E-state index is 13.6. The van der Waals surface area contributed by atoms with Crippen LogP contribution >= 0.6 is 0 Å². The maximum Gasteiger partial charge on any atom is 0.165 e. The molecule has 84 valence electrons. The summed E-state index contributed by atoms with van der Waals surface area (Å²) in [6, 6.07) is 3.03. The summed E-state index contributed by atoms with van der Waals surface area (Å²) in [4.78, 5) is 8.30. The second-order valence-corrected chi connectivity index (χ2v) is 3.92. The van der Waals surface area contributed by atoms with E-state index in [1.165, 1.54) is 19.5 Å². The van der Waals surface area contributed by atoms with Gasteiger partial charge in [0.1, 0.15) is 6.33 Å². The van der Waals surface area contributed by atoms with Gasteiger partial charge in [0.05, 0.1) is 18.3 Å². The molecular weight excluding hydrogens is 207 g/mol. The predicted molar refractivity (Wildman–Crippen MR) is 60.1 cm³/mol. The lowest BCUT2D eigenvalue weighted by Crippen LogP contribution is -1.97. The van der Waals surface area contributed by atoms with Gasteiger partial charge in [-0.05, 0) is 12.0 Å². The topological polar surface area (TPSA) is 35.0 Å². The molecule has 0 fully saturated rings. The first kappa shape index (κ1) is 10.8. The quantitative estimate of drug-likeness (QED) is 0.780. The summed E-state index contributed by atoms with van der Waals surface area (Å²) in [5, 5.41) is 0.746. The van der Waals surface area contributed by atoms with E-state index in [4.69, 9.17) is 4.74 Å². The van der Waals surface area contributed by atoms with E-state index >= 15 is 0 Å². The van der Waals surface area contributed by atoms with Crippen molar-refractivity contribution in [1.29, 1.82) is 0 Å². The van der Waals surface area contributed by atoms with Gasteiger partial charge in [0.2, 0.25) is 0 Å². The molecule has 0 aliphatic rings. The molecule has 0 radical (unpaired) electrons. The Morgan fingerprint density at radius 3 is 2.62 bits per heavy atom. The molecule has 2 rings (SSSR count). The molecule has 2 aromatic rings. The van der Waals surface area contributed by atoms with Crippen molar-refractivity contribution in [3.63, 3.8) is 0 Å². The molecule has 0 N–H and O–H groups in total. The van der Waals surface area contributed by atoms with Crippen LogP contribution in [0.3, 0.4) is 0 Å². The van der Waals surface area contributed by atoms with Gasteiger partial charge in [-0.15, -0.1) is 0 Å². The van der Waals surface area contributed by atoms with Gasteiger partial charge < -0.3 is 4.74 Å². The highest BCUT2D eigenvalue weighted by Gasteiger charge is 2.11. The number of rotatable bonds is 2. The fourth-order valence-electron chi connectivity index (χ4n) is 1.69. The highest BCUT2D eigenvalue weighted by atomic mass is 19.1. The zero-order chi connectivity index (χ0) is 11.7. The van der Waals surface area contributed by atoms with Crippen molar-refractivity contribution in [3.05, 3.63) is 30.0 Å². The van der Waals surface area contributed by atoms with Crippen LogP contribution in [0.4, 0.5) is 4.39 Å². The molecule has 1 aromatic heterocycles. The van der Waals surface area contributed by atoms with Gasteiger partial charge in [0.15, 0.2) is 11.6 Å². The summed E-state index contributed by atoms with van der Waals surface area (Å²) in [6.45, 7) is 4.04. The Bertz CT molecular complexity index is 526. The van der Waals surface area contributed by atoms with Crippen LogP contribution in [0.1, 0.15) is 25.5 Å². The zero-order valence-corrected chi connectivity index (χ0v) is 9.49. The molecule has 0 unspecified atom stereocenters. The summed E-state index contributed by atoms with van der Waals surface area (Å²) in [6.07, 6.45) is 1.50. The first-order valence-corrected chi connectivity index (χ1v) is 5.11. The molecule has 4 heteroatoms. The van der Waals surface area contributed by atoms with Gasteiger partial charge >= 0.3 is 0 Å². The maximum absolute atomic E-state index is 13.6. The molecular formula is C12H13FN2O. The average molecular weight is 220 g/mol. The van der Waals surface area contributed by atoms with Crippen LogP contribution in [-0.2, 0) is 0 Å². The Morgan fingerprint density at radius 2 is 2.00 bits per heavy atom. The van der Waals surface area contributed by atoms with Crippen LogP contribution in [0.5, 0.6) is 5.75 Å². The van der Waals surface area contributed by atoms with Gasteiger partial charge in [0, 0.05) is 11.5 Å².